The highest BCUT2D eigenvalue weighted by Crippen LogP contribution is 2.47. The van der Waals surface area contributed by atoms with Gasteiger partial charge in [0.1, 0.15) is 0 Å². The summed E-state index contributed by atoms with van der Waals surface area (Å²) < 4.78 is 0. The maximum Gasteiger partial charge on any atom is 0.321 e. The van der Waals surface area contributed by atoms with Crippen LogP contribution in [0.3, 0.4) is 0 Å². The van der Waals surface area contributed by atoms with Crippen LogP contribution in [0.2, 0.25) is 0 Å². The summed E-state index contributed by atoms with van der Waals surface area (Å²) in [6, 6.07) is 0. The van der Waals surface area contributed by atoms with Crippen molar-refractivity contribution in [3.8, 4) is 0 Å². The summed E-state index contributed by atoms with van der Waals surface area (Å²) in [4.78, 5) is 43.6. The summed E-state index contributed by atoms with van der Waals surface area (Å²) in [5.41, 5.74) is -2.56. The van der Waals surface area contributed by atoms with E-state index in [1.54, 1.807) is 0 Å². The Hall–Kier alpha value is -2.12. The van der Waals surface area contributed by atoms with Crippen LogP contribution in [0.5, 0.6) is 0 Å². The van der Waals surface area contributed by atoms with Gasteiger partial charge in [0.15, 0.2) is 5.41 Å². The van der Waals surface area contributed by atoms with E-state index in [4.69, 9.17) is 20.4 Å². The SMILES string of the molecule is O=C(O)[C@@H]1C[C@@H](C(=O)O)C(C(=O)O)(C(=O)O)C1. The van der Waals surface area contributed by atoms with Gasteiger partial charge in [-0.3, -0.25) is 19.2 Å². The molecule has 0 bridgehead atoms. The number of carbonyl (C=O) groups is 4. The molecule has 8 nitrogen and oxygen atoms in total. The van der Waals surface area contributed by atoms with E-state index in [0.717, 1.165) is 0 Å². The Kier molecular flexibility index (Phi) is 3.08. The van der Waals surface area contributed by atoms with Crippen LogP contribution in [0.25, 0.3) is 0 Å². The van der Waals surface area contributed by atoms with Crippen LogP contribution in [-0.4, -0.2) is 44.3 Å². The number of carboxylic acids is 4. The molecular weight excluding hydrogens is 236 g/mol. The van der Waals surface area contributed by atoms with E-state index < -0.39 is 54.0 Å². The van der Waals surface area contributed by atoms with Gasteiger partial charge in [-0.1, -0.05) is 0 Å². The van der Waals surface area contributed by atoms with Gasteiger partial charge in [-0.2, -0.15) is 0 Å². The minimum absolute atomic E-state index is 0.497. The zero-order valence-corrected chi connectivity index (χ0v) is 8.49. The molecule has 0 aromatic rings. The van der Waals surface area contributed by atoms with Gasteiger partial charge in [0.05, 0.1) is 11.8 Å². The lowest BCUT2D eigenvalue weighted by molar-refractivity contribution is -0.173. The second-order valence-corrected chi connectivity index (χ2v) is 3.95. The summed E-state index contributed by atoms with van der Waals surface area (Å²) in [7, 11) is 0. The lowest BCUT2D eigenvalue weighted by Gasteiger charge is -2.23. The van der Waals surface area contributed by atoms with Crippen LogP contribution in [0.15, 0.2) is 0 Å². The van der Waals surface area contributed by atoms with Crippen LogP contribution in [-0.2, 0) is 19.2 Å². The van der Waals surface area contributed by atoms with Crippen molar-refractivity contribution in [1.82, 2.24) is 0 Å². The van der Waals surface area contributed by atoms with Crippen molar-refractivity contribution in [3.63, 3.8) is 0 Å². The first-order valence-corrected chi connectivity index (χ1v) is 4.66. The lowest BCUT2D eigenvalue weighted by atomic mass is 9.77. The molecule has 8 heteroatoms. The first-order chi connectivity index (χ1) is 7.73. The Morgan fingerprint density at radius 1 is 0.882 bits per heavy atom. The second kappa shape index (κ2) is 4.04. The Balaban J connectivity index is 3.26. The molecule has 17 heavy (non-hydrogen) atoms. The maximum atomic E-state index is 11.0. The van der Waals surface area contributed by atoms with Gasteiger partial charge in [-0.25, -0.2) is 0 Å². The average Bonchev–Trinajstić information content (AvgIpc) is 2.58. The molecule has 94 valence electrons. The Bertz CT molecular complexity index is 384. The number of rotatable bonds is 4. The quantitative estimate of drug-likeness (QED) is 0.477. The molecule has 2 atom stereocenters. The molecule has 1 aliphatic carbocycles. The first kappa shape index (κ1) is 12.9. The summed E-state index contributed by atoms with van der Waals surface area (Å²) in [5, 5.41) is 35.4. The average molecular weight is 246 g/mol. The monoisotopic (exact) mass is 246 g/mol. The molecule has 1 saturated carbocycles. The Morgan fingerprint density at radius 3 is 1.59 bits per heavy atom. The van der Waals surface area contributed by atoms with Crippen molar-refractivity contribution in [1.29, 1.82) is 0 Å². The molecule has 1 rings (SSSR count). The summed E-state index contributed by atoms with van der Waals surface area (Å²) in [5.74, 6) is -9.65. The maximum absolute atomic E-state index is 11.0. The van der Waals surface area contributed by atoms with Crippen LogP contribution in [0.4, 0.5) is 0 Å². The van der Waals surface area contributed by atoms with Crippen LogP contribution in [0.1, 0.15) is 12.8 Å². The van der Waals surface area contributed by atoms with Gasteiger partial charge in [0.2, 0.25) is 0 Å². The first-order valence-electron chi connectivity index (χ1n) is 4.66. The van der Waals surface area contributed by atoms with Crippen LogP contribution < -0.4 is 0 Å². The van der Waals surface area contributed by atoms with E-state index in [2.05, 4.69) is 0 Å². The van der Waals surface area contributed by atoms with Crippen molar-refractivity contribution in [2.24, 2.45) is 17.3 Å². The molecule has 4 N–H and O–H groups in total. The van der Waals surface area contributed by atoms with Gasteiger partial charge >= 0.3 is 23.9 Å². The minimum Gasteiger partial charge on any atom is -0.481 e. The van der Waals surface area contributed by atoms with Gasteiger partial charge in [-0.05, 0) is 12.8 Å². The normalized spacial score (nSPS) is 26.4. The van der Waals surface area contributed by atoms with Crippen LogP contribution in [0, 0.1) is 17.3 Å². The highest BCUT2D eigenvalue weighted by atomic mass is 16.4. The zero-order valence-electron chi connectivity index (χ0n) is 8.49. The molecule has 0 aliphatic heterocycles. The highest BCUT2D eigenvalue weighted by molar-refractivity contribution is 6.03. The smallest absolute Gasteiger partial charge is 0.321 e. The Morgan fingerprint density at radius 2 is 1.35 bits per heavy atom. The molecule has 0 aromatic carbocycles. The van der Waals surface area contributed by atoms with E-state index in [1.165, 1.54) is 0 Å². The third-order valence-electron chi connectivity index (χ3n) is 3.09. The predicted molar refractivity (Wildman–Crippen MR) is 49.2 cm³/mol. The third-order valence-corrected chi connectivity index (χ3v) is 3.09. The van der Waals surface area contributed by atoms with E-state index in [1.807, 2.05) is 0 Å². The van der Waals surface area contributed by atoms with Crippen molar-refractivity contribution in [2.75, 3.05) is 0 Å². The molecule has 1 fully saturated rings. The summed E-state index contributed by atoms with van der Waals surface area (Å²) >= 11 is 0. The zero-order chi connectivity index (χ0) is 13.4. The molecule has 0 heterocycles. The van der Waals surface area contributed by atoms with Crippen molar-refractivity contribution in [3.05, 3.63) is 0 Å². The molecule has 0 unspecified atom stereocenters. The van der Waals surface area contributed by atoms with E-state index >= 15 is 0 Å². The summed E-state index contributed by atoms with van der Waals surface area (Å²) in [6.07, 6.45) is -1.22. The van der Waals surface area contributed by atoms with Gasteiger partial charge in [0, 0.05) is 0 Å². The number of hydrogen-bond acceptors (Lipinski definition) is 4. The van der Waals surface area contributed by atoms with Gasteiger partial charge in [0.25, 0.3) is 0 Å². The molecule has 0 saturated heterocycles. The Labute approximate surface area is 94.5 Å². The highest BCUT2D eigenvalue weighted by Gasteiger charge is 2.63. The molecule has 0 spiro atoms. The fourth-order valence-corrected chi connectivity index (χ4v) is 2.16. The summed E-state index contributed by atoms with van der Waals surface area (Å²) in [6.45, 7) is 0. The predicted octanol–water partition coefficient (Wildman–Crippen LogP) is -0.663. The third kappa shape index (κ3) is 1.81. The van der Waals surface area contributed by atoms with Gasteiger partial charge < -0.3 is 20.4 Å². The lowest BCUT2D eigenvalue weighted by Crippen LogP contribution is -2.45. The van der Waals surface area contributed by atoms with E-state index in [-0.39, 0.29) is 0 Å². The number of carboxylic acid groups (broad SMARTS) is 4. The molecule has 1 aliphatic rings. The van der Waals surface area contributed by atoms with Crippen molar-refractivity contribution < 1.29 is 39.6 Å². The topological polar surface area (TPSA) is 149 Å². The minimum atomic E-state index is -2.56. The molecule has 0 amide bonds. The fourth-order valence-electron chi connectivity index (χ4n) is 2.16. The fraction of sp³-hybridized carbons (Fsp3) is 0.556. The van der Waals surface area contributed by atoms with E-state index in [9.17, 15) is 19.2 Å². The number of hydrogen-bond donors (Lipinski definition) is 4. The molecule has 0 radical (unpaired) electrons. The largest absolute Gasteiger partial charge is 0.481 e. The molecule has 0 aromatic heterocycles. The van der Waals surface area contributed by atoms with E-state index in [0.29, 0.717) is 0 Å². The van der Waals surface area contributed by atoms with Crippen LogP contribution >= 0.6 is 0 Å². The number of aliphatic carboxylic acids is 4. The second-order valence-electron chi connectivity index (χ2n) is 3.95. The van der Waals surface area contributed by atoms with Crippen molar-refractivity contribution in [2.45, 2.75) is 12.8 Å². The standard InChI is InChI=1S/C9H10O8/c10-5(11)3-1-4(6(12)13)9(2-3,7(14)15)8(16)17/h3-4H,1-2H2,(H,10,11)(H,12,13)(H,14,15)(H,16,17)/t3-,4+/m1/s1. The van der Waals surface area contributed by atoms with Crippen molar-refractivity contribution >= 4 is 23.9 Å². The van der Waals surface area contributed by atoms with Gasteiger partial charge in [-0.15, -0.1) is 0 Å². The molecular formula is C9H10O8.